The summed E-state index contributed by atoms with van der Waals surface area (Å²) < 4.78 is 1.74. The van der Waals surface area contributed by atoms with Crippen LogP contribution in [0.3, 0.4) is 0 Å². The van der Waals surface area contributed by atoms with Gasteiger partial charge in [-0.25, -0.2) is 0 Å². The van der Waals surface area contributed by atoms with Crippen LogP contribution in [0, 0.1) is 5.92 Å². The van der Waals surface area contributed by atoms with Gasteiger partial charge in [-0.3, -0.25) is 9.59 Å². The first kappa shape index (κ1) is 11.8. The van der Waals surface area contributed by atoms with Crippen LogP contribution in [0.15, 0.2) is 21.5 Å². The van der Waals surface area contributed by atoms with E-state index in [9.17, 15) is 9.59 Å². The second-order valence-electron chi connectivity index (χ2n) is 3.38. The fourth-order valence-electron chi connectivity index (χ4n) is 1.14. The first-order valence-corrected chi connectivity index (χ1v) is 5.16. The Morgan fingerprint density at radius 1 is 1.67 bits per heavy atom. The van der Waals surface area contributed by atoms with Crippen LogP contribution in [0.1, 0.15) is 6.92 Å². The number of nitrogen functional groups attached to an aromatic ring is 1. The fourth-order valence-corrected chi connectivity index (χ4v) is 1.63. The van der Waals surface area contributed by atoms with Crippen LogP contribution in [0.2, 0.25) is 0 Å². The summed E-state index contributed by atoms with van der Waals surface area (Å²) in [5.41, 5.74) is 10.9. The first-order chi connectivity index (χ1) is 6.91. The summed E-state index contributed by atoms with van der Waals surface area (Å²) in [5, 5.41) is 0. The lowest BCUT2D eigenvalue weighted by Crippen LogP contribution is -2.30. The number of primary amides is 1. The molecule has 1 aromatic heterocycles. The molecule has 4 N–H and O–H groups in total. The third-order valence-corrected chi connectivity index (χ3v) is 2.59. The minimum absolute atomic E-state index is 0.225. The van der Waals surface area contributed by atoms with Gasteiger partial charge in [0.1, 0.15) is 0 Å². The van der Waals surface area contributed by atoms with Crippen LogP contribution in [0.5, 0.6) is 0 Å². The number of carbonyl (C=O) groups is 1. The second kappa shape index (κ2) is 4.48. The highest BCUT2D eigenvalue weighted by Gasteiger charge is 2.11. The quantitative estimate of drug-likeness (QED) is 0.831. The van der Waals surface area contributed by atoms with Crippen molar-refractivity contribution in [1.29, 1.82) is 0 Å². The molecule has 0 fully saturated rings. The highest BCUT2D eigenvalue weighted by atomic mass is 79.9. The summed E-state index contributed by atoms with van der Waals surface area (Å²) in [4.78, 5) is 22.4. The maximum atomic E-state index is 11.6. The normalized spacial score (nSPS) is 12.4. The molecule has 1 amide bonds. The van der Waals surface area contributed by atoms with Crippen molar-refractivity contribution in [2.75, 3.05) is 5.73 Å². The van der Waals surface area contributed by atoms with E-state index in [2.05, 4.69) is 15.9 Å². The summed E-state index contributed by atoms with van der Waals surface area (Å²) in [6, 6.07) is 1.52. The Bertz CT molecular complexity index is 441. The lowest BCUT2D eigenvalue weighted by atomic mass is 10.1. The number of carbonyl (C=O) groups excluding carboxylic acids is 1. The number of halogens is 1. The Morgan fingerprint density at radius 3 is 2.80 bits per heavy atom. The van der Waals surface area contributed by atoms with Crippen molar-refractivity contribution in [2.24, 2.45) is 11.7 Å². The molecule has 0 saturated carbocycles. The van der Waals surface area contributed by atoms with E-state index in [1.54, 1.807) is 6.92 Å². The number of nitrogens with two attached hydrogens (primary N) is 2. The molecule has 82 valence electrons. The van der Waals surface area contributed by atoms with Crippen molar-refractivity contribution < 1.29 is 4.79 Å². The molecule has 1 unspecified atom stereocenters. The van der Waals surface area contributed by atoms with Crippen molar-refractivity contribution in [3.05, 3.63) is 27.1 Å². The lowest BCUT2D eigenvalue weighted by Gasteiger charge is -2.11. The number of amides is 1. The van der Waals surface area contributed by atoms with Gasteiger partial charge in [0.05, 0.1) is 10.4 Å². The molecule has 1 aromatic rings. The molecule has 0 saturated heterocycles. The van der Waals surface area contributed by atoms with Gasteiger partial charge >= 0.3 is 0 Å². The zero-order valence-electron chi connectivity index (χ0n) is 8.24. The Morgan fingerprint density at radius 2 is 2.27 bits per heavy atom. The molecule has 1 heterocycles. The Kier molecular flexibility index (Phi) is 3.52. The van der Waals surface area contributed by atoms with Gasteiger partial charge in [-0.1, -0.05) is 6.92 Å². The number of aromatic nitrogens is 1. The molecule has 0 aliphatic carbocycles. The van der Waals surface area contributed by atoms with Gasteiger partial charge in [-0.05, 0) is 22.0 Å². The molecule has 0 aliphatic rings. The zero-order chi connectivity index (χ0) is 11.6. The molecule has 15 heavy (non-hydrogen) atoms. The zero-order valence-corrected chi connectivity index (χ0v) is 9.82. The van der Waals surface area contributed by atoms with Crippen molar-refractivity contribution in [3.63, 3.8) is 0 Å². The molecule has 6 heteroatoms. The lowest BCUT2D eigenvalue weighted by molar-refractivity contribution is -0.121. The number of nitrogens with zero attached hydrogens (tertiary/aromatic N) is 1. The van der Waals surface area contributed by atoms with Crippen LogP contribution in [0.25, 0.3) is 0 Å². The molecule has 0 aromatic carbocycles. The Balaban J connectivity index is 3.05. The highest BCUT2D eigenvalue weighted by Crippen LogP contribution is 2.09. The highest BCUT2D eigenvalue weighted by molar-refractivity contribution is 9.10. The van der Waals surface area contributed by atoms with E-state index in [1.165, 1.54) is 16.8 Å². The first-order valence-electron chi connectivity index (χ1n) is 4.36. The molecule has 0 aliphatic heterocycles. The fraction of sp³-hybridized carbons (Fsp3) is 0.333. The molecule has 5 nitrogen and oxygen atoms in total. The van der Waals surface area contributed by atoms with E-state index in [1.807, 2.05) is 0 Å². The number of pyridine rings is 1. The van der Waals surface area contributed by atoms with Gasteiger partial charge in [0, 0.05) is 18.4 Å². The van der Waals surface area contributed by atoms with Gasteiger partial charge in [0.2, 0.25) is 5.91 Å². The van der Waals surface area contributed by atoms with Gasteiger partial charge < -0.3 is 16.0 Å². The van der Waals surface area contributed by atoms with Gasteiger partial charge in [0.15, 0.2) is 0 Å². The van der Waals surface area contributed by atoms with Crippen LogP contribution >= 0.6 is 15.9 Å². The Labute approximate surface area is 95.2 Å². The summed E-state index contributed by atoms with van der Waals surface area (Å²) >= 11 is 3.09. The van der Waals surface area contributed by atoms with E-state index in [-0.39, 0.29) is 12.1 Å². The molecule has 1 atom stereocenters. The summed E-state index contributed by atoms with van der Waals surface area (Å²) in [6.07, 6.45) is 1.49. The van der Waals surface area contributed by atoms with E-state index in [0.717, 1.165) is 0 Å². The predicted molar refractivity (Wildman–Crippen MR) is 61.2 cm³/mol. The second-order valence-corrected chi connectivity index (χ2v) is 4.24. The molecule has 1 rings (SSSR count). The third kappa shape index (κ3) is 2.82. The van der Waals surface area contributed by atoms with E-state index in [0.29, 0.717) is 10.2 Å². The topological polar surface area (TPSA) is 91.1 Å². The van der Waals surface area contributed by atoms with Crippen molar-refractivity contribution in [1.82, 2.24) is 4.57 Å². The maximum absolute atomic E-state index is 11.6. The largest absolute Gasteiger partial charge is 0.398 e. The van der Waals surface area contributed by atoms with Crippen molar-refractivity contribution in [3.8, 4) is 0 Å². The number of hydrogen-bond acceptors (Lipinski definition) is 3. The number of hydrogen-bond donors (Lipinski definition) is 2. The number of rotatable bonds is 3. The van der Waals surface area contributed by atoms with Gasteiger partial charge in [-0.2, -0.15) is 0 Å². The smallest absolute Gasteiger partial charge is 0.265 e. The van der Waals surface area contributed by atoms with Crippen molar-refractivity contribution >= 4 is 27.5 Å². The van der Waals surface area contributed by atoms with Crippen LogP contribution in [-0.4, -0.2) is 10.5 Å². The Hall–Kier alpha value is -1.30. The van der Waals surface area contributed by atoms with Crippen LogP contribution < -0.4 is 17.0 Å². The molecular formula is C9H12BrN3O2. The van der Waals surface area contributed by atoms with Crippen LogP contribution in [0.4, 0.5) is 5.69 Å². The predicted octanol–water partition coefficient (Wildman–Crippen LogP) is 0.314. The van der Waals surface area contributed by atoms with E-state index in [4.69, 9.17) is 11.5 Å². The van der Waals surface area contributed by atoms with E-state index < -0.39 is 11.8 Å². The summed E-state index contributed by atoms with van der Waals surface area (Å²) in [7, 11) is 0. The maximum Gasteiger partial charge on any atom is 0.265 e. The molecule has 0 bridgehead atoms. The molecule has 0 radical (unpaired) electrons. The van der Waals surface area contributed by atoms with Crippen LogP contribution in [-0.2, 0) is 11.3 Å². The third-order valence-electron chi connectivity index (χ3n) is 2.02. The summed E-state index contributed by atoms with van der Waals surface area (Å²) in [6.45, 7) is 1.89. The van der Waals surface area contributed by atoms with E-state index >= 15 is 0 Å². The minimum atomic E-state index is -0.444. The average molecular weight is 274 g/mol. The average Bonchev–Trinajstić information content (AvgIpc) is 2.13. The number of anilines is 1. The van der Waals surface area contributed by atoms with Gasteiger partial charge in [0.25, 0.3) is 5.56 Å². The molecular weight excluding hydrogens is 262 g/mol. The van der Waals surface area contributed by atoms with Gasteiger partial charge in [-0.15, -0.1) is 0 Å². The summed E-state index contributed by atoms with van der Waals surface area (Å²) in [5.74, 6) is -0.850. The monoisotopic (exact) mass is 273 g/mol. The standard InChI is InChI=1S/C9H12BrN3O2/c1-5(8(12)14)3-13-4-6(11)2-7(10)9(13)15/h2,4-5H,3,11H2,1H3,(H2,12,14). The molecule has 0 spiro atoms. The minimum Gasteiger partial charge on any atom is -0.398 e. The SMILES string of the molecule is CC(Cn1cc(N)cc(Br)c1=O)C(N)=O. The van der Waals surface area contributed by atoms with Crippen molar-refractivity contribution in [2.45, 2.75) is 13.5 Å².